The summed E-state index contributed by atoms with van der Waals surface area (Å²) in [5.74, 6) is 0. The van der Waals surface area contributed by atoms with E-state index in [1.54, 1.807) is 6.20 Å². The summed E-state index contributed by atoms with van der Waals surface area (Å²) in [6.07, 6.45) is 1.79. The molecule has 1 aromatic heterocycles. The topological polar surface area (TPSA) is 12.9 Å². The molecule has 0 bridgehead atoms. The Hall–Kier alpha value is -1.76. The largest absolute Gasteiger partial charge is 0.358 e. The Bertz CT molecular complexity index is 543. The molecule has 2 aromatic carbocycles. The number of pyridine rings is 1. The van der Waals surface area contributed by atoms with Gasteiger partial charge in [0, 0.05) is 32.0 Å². The molecule has 0 unspecified atom stereocenters. The maximum Gasteiger partial charge on any atom is 0.0372 e. The molecule has 0 aliphatic rings. The molecule has 3 aromatic rings. The summed E-state index contributed by atoms with van der Waals surface area (Å²) in [4.78, 5) is 3.98. The number of nitrogens with zero attached hydrogens (tertiary/aromatic N) is 1. The van der Waals surface area contributed by atoms with E-state index in [1.165, 1.54) is 11.1 Å². The van der Waals surface area contributed by atoms with Gasteiger partial charge in [0.1, 0.15) is 0 Å². The third kappa shape index (κ3) is 10.9. The number of aromatic nitrogens is 1. The van der Waals surface area contributed by atoms with Crippen molar-refractivity contribution in [3.8, 4) is 11.1 Å². The van der Waals surface area contributed by atoms with E-state index < -0.39 is 0 Å². The Morgan fingerprint density at radius 3 is 1.71 bits per heavy atom. The second kappa shape index (κ2) is 17.6. The van der Waals surface area contributed by atoms with E-state index in [0.717, 1.165) is 5.69 Å². The van der Waals surface area contributed by atoms with Gasteiger partial charge >= 0.3 is 0 Å². The number of hydrogen-bond acceptors (Lipinski definition) is 1. The molecule has 0 aliphatic heterocycles. The summed E-state index contributed by atoms with van der Waals surface area (Å²) in [7, 11) is 0. The van der Waals surface area contributed by atoms with Gasteiger partial charge in [-0.1, -0.05) is 42.0 Å². The second-order valence-corrected chi connectivity index (χ2v) is 4.13. The normalized spacial score (nSPS) is 7.38. The summed E-state index contributed by atoms with van der Waals surface area (Å²) >= 11 is 0. The third-order valence-corrected chi connectivity index (χ3v) is 2.63. The number of aryl methyl sites for hydroxylation is 1. The Morgan fingerprint density at radius 1 is 0.708 bits per heavy atom. The SMILES string of the molecule is Cc1ccccn1.[CH3-].[CH3-].[CH3-].[CH3-].[Ir].[c-]1cccc(-c2ccccc2)c1. The Labute approximate surface area is 163 Å². The molecule has 1 nitrogen and oxygen atoms in total. The van der Waals surface area contributed by atoms with Crippen LogP contribution < -0.4 is 0 Å². The van der Waals surface area contributed by atoms with Crippen LogP contribution in [0.3, 0.4) is 0 Å². The van der Waals surface area contributed by atoms with Gasteiger partial charge < -0.3 is 29.7 Å². The molecule has 0 atom stereocenters. The second-order valence-electron chi connectivity index (χ2n) is 4.13. The van der Waals surface area contributed by atoms with Crippen LogP contribution in [0.5, 0.6) is 0 Å². The van der Waals surface area contributed by atoms with Gasteiger partial charge in [0.25, 0.3) is 0 Å². The van der Waals surface area contributed by atoms with Crippen molar-refractivity contribution in [1.29, 1.82) is 0 Å². The molecule has 2 heteroatoms. The maximum atomic E-state index is 3.98. The fourth-order valence-electron chi connectivity index (χ4n) is 1.65. The van der Waals surface area contributed by atoms with Crippen molar-refractivity contribution in [2.45, 2.75) is 6.92 Å². The van der Waals surface area contributed by atoms with Gasteiger partial charge in [-0.2, -0.15) is 30.3 Å². The third-order valence-electron chi connectivity index (χ3n) is 2.63. The molecular weight excluding hydrogens is 470 g/mol. The number of benzene rings is 2. The van der Waals surface area contributed by atoms with Crippen molar-refractivity contribution in [2.24, 2.45) is 0 Å². The minimum absolute atomic E-state index is 0. The van der Waals surface area contributed by atoms with Crippen LogP contribution in [0.4, 0.5) is 0 Å². The van der Waals surface area contributed by atoms with E-state index in [1.807, 2.05) is 61.5 Å². The van der Waals surface area contributed by atoms with Gasteiger partial charge in [0.15, 0.2) is 0 Å². The predicted octanol–water partition coefficient (Wildman–Crippen LogP) is 6.34. The molecule has 0 N–H and O–H groups in total. The van der Waals surface area contributed by atoms with Crippen molar-refractivity contribution in [1.82, 2.24) is 4.98 Å². The first kappa shape index (κ1) is 30.2. The zero-order valence-electron chi connectivity index (χ0n) is 15.3. The zero-order chi connectivity index (χ0) is 13.3. The molecule has 0 spiro atoms. The van der Waals surface area contributed by atoms with Crippen molar-refractivity contribution < 1.29 is 20.1 Å². The van der Waals surface area contributed by atoms with Crippen molar-refractivity contribution >= 4 is 0 Å². The Kier molecular flexibility index (Phi) is 22.1. The maximum absolute atomic E-state index is 3.98. The van der Waals surface area contributed by atoms with Crippen LogP contribution in [0.25, 0.3) is 11.1 Å². The Balaban J connectivity index is -0.000000150. The van der Waals surface area contributed by atoms with E-state index in [-0.39, 0.29) is 49.8 Å². The summed E-state index contributed by atoms with van der Waals surface area (Å²) in [5.41, 5.74) is 3.54. The smallest absolute Gasteiger partial charge is 0.0372 e. The van der Waals surface area contributed by atoms with Gasteiger partial charge in [-0.15, -0.1) is 5.56 Å². The zero-order valence-corrected chi connectivity index (χ0v) is 17.7. The predicted molar refractivity (Wildman–Crippen MR) is 105 cm³/mol. The quantitative estimate of drug-likeness (QED) is 0.357. The van der Waals surface area contributed by atoms with Crippen LogP contribution in [0.1, 0.15) is 5.69 Å². The van der Waals surface area contributed by atoms with E-state index in [9.17, 15) is 0 Å². The van der Waals surface area contributed by atoms with E-state index in [4.69, 9.17) is 0 Å². The van der Waals surface area contributed by atoms with E-state index >= 15 is 0 Å². The minimum Gasteiger partial charge on any atom is -0.358 e. The first-order valence-corrected chi connectivity index (χ1v) is 6.25. The van der Waals surface area contributed by atoms with Gasteiger partial charge in [0.2, 0.25) is 0 Å². The van der Waals surface area contributed by atoms with Gasteiger partial charge in [-0.05, 0) is 19.1 Å². The van der Waals surface area contributed by atoms with Crippen LogP contribution >= 0.6 is 0 Å². The van der Waals surface area contributed by atoms with E-state index in [0.29, 0.717) is 0 Å². The molecule has 135 valence electrons. The first-order chi connectivity index (χ1) is 9.36. The van der Waals surface area contributed by atoms with Crippen molar-refractivity contribution in [3.63, 3.8) is 0 Å². The molecule has 3 rings (SSSR count). The van der Waals surface area contributed by atoms with Gasteiger partial charge in [0.05, 0.1) is 0 Å². The van der Waals surface area contributed by atoms with Crippen LogP contribution in [-0.4, -0.2) is 4.98 Å². The monoisotopic (exact) mass is 499 g/mol. The van der Waals surface area contributed by atoms with E-state index in [2.05, 4.69) is 29.2 Å². The summed E-state index contributed by atoms with van der Waals surface area (Å²) < 4.78 is 0. The van der Waals surface area contributed by atoms with Crippen molar-refractivity contribution in [2.75, 3.05) is 0 Å². The van der Waals surface area contributed by atoms with Crippen LogP contribution in [0.2, 0.25) is 0 Å². The molecule has 0 saturated carbocycles. The fraction of sp³-hybridized carbons (Fsp3) is 0.0455. The van der Waals surface area contributed by atoms with Crippen LogP contribution in [0.15, 0.2) is 79.0 Å². The number of hydrogen-bond donors (Lipinski definition) is 0. The van der Waals surface area contributed by atoms with Gasteiger partial charge in [-0.25, -0.2) is 0 Å². The fourth-order valence-corrected chi connectivity index (χ4v) is 1.65. The molecule has 1 heterocycles. The Morgan fingerprint density at radius 2 is 1.29 bits per heavy atom. The van der Waals surface area contributed by atoms with Crippen LogP contribution in [0, 0.1) is 42.7 Å². The number of rotatable bonds is 1. The van der Waals surface area contributed by atoms with Crippen molar-refractivity contribution in [3.05, 3.63) is 120 Å². The average Bonchev–Trinajstić information content (AvgIpc) is 2.51. The molecule has 0 fully saturated rings. The summed E-state index contributed by atoms with van der Waals surface area (Å²) in [5, 5.41) is 0. The average molecular weight is 499 g/mol. The van der Waals surface area contributed by atoms with Crippen LogP contribution in [-0.2, 0) is 20.1 Å². The molecular formula is C22H28IrN-5. The first-order valence-electron chi connectivity index (χ1n) is 6.25. The molecule has 0 aliphatic carbocycles. The molecule has 0 amide bonds. The summed E-state index contributed by atoms with van der Waals surface area (Å²) in [6, 6.07) is 27.2. The molecule has 1 radical (unpaired) electrons. The molecule has 0 saturated heterocycles. The summed E-state index contributed by atoms with van der Waals surface area (Å²) in [6.45, 7) is 1.97. The van der Waals surface area contributed by atoms with Gasteiger partial charge in [-0.3, -0.25) is 4.98 Å². The molecule has 24 heavy (non-hydrogen) atoms. The standard InChI is InChI=1S/C12H9.C6H7N.4CH3.Ir/c1-3-7-11(8-4-1)12-9-5-2-6-10-12;1-6-4-2-3-5-7-6;;;;;/h1-5,7-10H;2-5H,1H3;4*1H3;/q-1;;4*-1;. The minimum atomic E-state index is 0.